The molecule has 0 fully saturated rings. The highest BCUT2D eigenvalue weighted by molar-refractivity contribution is 6.33. The standard InChI is InChI=1S/C15H14ClF3N6O/c1-7-5-9(6-8(2)21-7)10-11(16)22-13(20)25-12(10)23-24(14(25)26)4-3-15(17,18)19/h5-6H,3-4H2,1-2H3,(H2,20,22). The van der Waals surface area contributed by atoms with Gasteiger partial charge in [0.1, 0.15) is 5.15 Å². The smallest absolute Gasteiger partial charge is 0.369 e. The molecule has 0 aromatic carbocycles. The van der Waals surface area contributed by atoms with Crippen molar-refractivity contribution >= 4 is 23.2 Å². The molecule has 3 aromatic heterocycles. The van der Waals surface area contributed by atoms with Crippen LogP contribution in [-0.2, 0) is 6.54 Å². The number of nitrogen functional groups attached to an aromatic ring is 1. The van der Waals surface area contributed by atoms with E-state index < -0.39 is 24.8 Å². The van der Waals surface area contributed by atoms with E-state index in [0.717, 1.165) is 4.40 Å². The van der Waals surface area contributed by atoms with Crippen molar-refractivity contribution in [2.75, 3.05) is 5.73 Å². The summed E-state index contributed by atoms with van der Waals surface area (Å²) < 4.78 is 39.1. The first-order valence-electron chi connectivity index (χ1n) is 7.54. The molecule has 0 saturated carbocycles. The summed E-state index contributed by atoms with van der Waals surface area (Å²) in [5.74, 6) is -0.250. The van der Waals surface area contributed by atoms with Crippen LogP contribution in [0.25, 0.3) is 16.8 Å². The lowest BCUT2D eigenvalue weighted by atomic mass is 10.1. The highest BCUT2D eigenvalue weighted by Crippen LogP contribution is 2.31. The Labute approximate surface area is 150 Å². The fraction of sp³-hybridized carbons (Fsp3) is 0.333. The molecule has 3 aromatic rings. The number of fused-ring (bicyclic) bond motifs is 1. The number of rotatable bonds is 3. The summed E-state index contributed by atoms with van der Waals surface area (Å²) in [6.07, 6.45) is -5.61. The summed E-state index contributed by atoms with van der Waals surface area (Å²) in [4.78, 5) is 20.6. The molecule has 0 radical (unpaired) electrons. The van der Waals surface area contributed by atoms with Gasteiger partial charge >= 0.3 is 11.9 Å². The van der Waals surface area contributed by atoms with Crippen LogP contribution < -0.4 is 11.4 Å². The molecule has 0 atom stereocenters. The van der Waals surface area contributed by atoms with E-state index in [-0.39, 0.29) is 16.7 Å². The van der Waals surface area contributed by atoms with Gasteiger partial charge in [0, 0.05) is 11.4 Å². The van der Waals surface area contributed by atoms with Gasteiger partial charge in [0.05, 0.1) is 18.5 Å². The second kappa shape index (κ2) is 6.27. The highest BCUT2D eigenvalue weighted by atomic mass is 35.5. The second-order valence-electron chi connectivity index (χ2n) is 5.80. The van der Waals surface area contributed by atoms with Crippen LogP contribution in [0.3, 0.4) is 0 Å². The molecule has 138 valence electrons. The van der Waals surface area contributed by atoms with Crippen molar-refractivity contribution in [1.29, 1.82) is 0 Å². The predicted molar refractivity (Wildman–Crippen MR) is 90.0 cm³/mol. The van der Waals surface area contributed by atoms with Gasteiger partial charge in [-0.05, 0) is 31.5 Å². The molecule has 3 rings (SSSR count). The minimum Gasteiger partial charge on any atom is -0.369 e. The molecule has 0 bridgehead atoms. The Hall–Kier alpha value is -2.62. The van der Waals surface area contributed by atoms with E-state index in [1.54, 1.807) is 26.0 Å². The minimum atomic E-state index is -4.42. The van der Waals surface area contributed by atoms with E-state index in [2.05, 4.69) is 15.1 Å². The maximum absolute atomic E-state index is 12.5. The lowest BCUT2D eigenvalue weighted by Gasteiger charge is -2.08. The van der Waals surface area contributed by atoms with E-state index in [1.165, 1.54) is 0 Å². The van der Waals surface area contributed by atoms with Crippen molar-refractivity contribution in [2.24, 2.45) is 0 Å². The predicted octanol–water partition coefficient (Wildman–Crippen LogP) is 2.76. The molecule has 7 nitrogen and oxygen atoms in total. The van der Waals surface area contributed by atoms with Crippen LogP contribution >= 0.6 is 11.6 Å². The van der Waals surface area contributed by atoms with E-state index >= 15 is 0 Å². The molecule has 0 aliphatic carbocycles. The van der Waals surface area contributed by atoms with Gasteiger partial charge in [0.15, 0.2) is 5.65 Å². The maximum Gasteiger partial charge on any atom is 0.390 e. The topological polar surface area (TPSA) is 91.1 Å². The van der Waals surface area contributed by atoms with Crippen LogP contribution in [0.15, 0.2) is 16.9 Å². The summed E-state index contributed by atoms with van der Waals surface area (Å²) in [7, 11) is 0. The van der Waals surface area contributed by atoms with E-state index in [1.807, 2.05) is 0 Å². The van der Waals surface area contributed by atoms with Gasteiger partial charge in [0.25, 0.3) is 0 Å². The van der Waals surface area contributed by atoms with Gasteiger partial charge in [-0.3, -0.25) is 4.98 Å². The largest absolute Gasteiger partial charge is 0.390 e. The Morgan fingerprint density at radius 1 is 1.19 bits per heavy atom. The number of hydrogen-bond donors (Lipinski definition) is 1. The Bertz CT molecular complexity index is 1040. The molecule has 0 amide bonds. The monoisotopic (exact) mass is 386 g/mol. The van der Waals surface area contributed by atoms with Crippen molar-refractivity contribution in [3.05, 3.63) is 39.2 Å². The average molecular weight is 387 g/mol. The third-order valence-electron chi connectivity index (χ3n) is 3.69. The van der Waals surface area contributed by atoms with Crippen molar-refractivity contribution < 1.29 is 13.2 Å². The Morgan fingerprint density at radius 3 is 2.38 bits per heavy atom. The molecule has 0 saturated heterocycles. The van der Waals surface area contributed by atoms with Crippen LogP contribution in [0, 0.1) is 13.8 Å². The minimum absolute atomic E-state index is 0.00651. The zero-order valence-corrected chi connectivity index (χ0v) is 14.6. The summed E-state index contributed by atoms with van der Waals surface area (Å²) in [6.45, 7) is 2.93. The summed E-state index contributed by atoms with van der Waals surface area (Å²) >= 11 is 6.20. The quantitative estimate of drug-likeness (QED) is 0.699. The third kappa shape index (κ3) is 3.36. The number of alkyl halides is 3. The van der Waals surface area contributed by atoms with Crippen LogP contribution in [0.2, 0.25) is 5.15 Å². The van der Waals surface area contributed by atoms with E-state index in [4.69, 9.17) is 17.3 Å². The summed E-state index contributed by atoms with van der Waals surface area (Å²) in [5, 5.41) is 4.01. The SMILES string of the molecule is Cc1cc(-c2c(Cl)nc(N)n3c(=O)n(CCC(F)(F)F)nc23)cc(C)n1. The second-order valence-corrected chi connectivity index (χ2v) is 6.16. The number of nitrogens with zero attached hydrogens (tertiary/aromatic N) is 5. The molecule has 3 heterocycles. The van der Waals surface area contributed by atoms with Gasteiger partial charge < -0.3 is 5.73 Å². The first kappa shape index (κ1) is 18.2. The van der Waals surface area contributed by atoms with Gasteiger partial charge in [0.2, 0.25) is 5.95 Å². The lowest BCUT2D eigenvalue weighted by molar-refractivity contribution is -0.137. The van der Waals surface area contributed by atoms with Crippen molar-refractivity contribution in [2.45, 2.75) is 33.0 Å². The molecule has 0 unspecified atom stereocenters. The highest BCUT2D eigenvalue weighted by Gasteiger charge is 2.28. The Kier molecular flexibility index (Phi) is 4.39. The van der Waals surface area contributed by atoms with Crippen LogP contribution in [0.4, 0.5) is 19.1 Å². The maximum atomic E-state index is 12.5. The number of halogens is 4. The molecule has 0 aliphatic rings. The fourth-order valence-electron chi connectivity index (χ4n) is 2.68. The molecule has 11 heteroatoms. The number of hydrogen-bond acceptors (Lipinski definition) is 5. The molecule has 0 aliphatic heterocycles. The number of aromatic nitrogens is 5. The van der Waals surface area contributed by atoms with Crippen LogP contribution in [-0.4, -0.2) is 30.3 Å². The Morgan fingerprint density at radius 2 is 1.81 bits per heavy atom. The number of pyridine rings is 1. The third-order valence-corrected chi connectivity index (χ3v) is 3.96. The Balaban J connectivity index is 2.25. The van der Waals surface area contributed by atoms with Gasteiger partial charge in [-0.2, -0.15) is 13.2 Å². The van der Waals surface area contributed by atoms with Gasteiger partial charge in [-0.15, -0.1) is 5.10 Å². The average Bonchev–Trinajstić information content (AvgIpc) is 2.80. The van der Waals surface area contributed by atoms with E-state index in [0.29, 0.717) is 27.2 Å². The first-order chi connectivity index (χ1) is 12.1. The molecular weight excluding hydrogens is 373 g/mol. The van der Waals surface area contributed by atoms with Gasteiger partial charge in [-0.1, -0.05) is 11.6 Å². The molecule has 2 N–H and O–H groups in total. The zero-order valence-electron chi connectivity index (χ0n) is 13.8. The molecular formula is C15H14ClF3N6O. The number of aryl methyl sites for hydroxylation is 3. The van der Waals surface area contributed by atoms with Crippen molar-refractivity contribution in [1.82, 2.24) is 24.1 Å². The molecule has 26 heavy (non-hydrogen) atoms. The van der Waals surface area contributed by atoms with Crippen LogP contribution in [0.5, 0.6) is 0 Å². The zero-order chi connectivity index (χ0) is 19.2. The lowest BCUT2D eigenvalue weighted by Crippen LogP contribution is -2.25. The van der Waals surface area contributed by atoms with E-state index in [9.17, 15) is 18.0 Å². The fourth-order valence-corrected chi connectivity index (χ4v) is 2.96. The summed E-state index contributed by atoms with van der Waals surface area (Å²) in [5.41, 5.74) is 7.26. The summed E-state index contributed by atoms with van der Waals surface area (Å²) in [6, 6.07) is 3.43. The van der Waals surface area contributed by atoms with Crippen molar-refractivity contribution in [3.8, 4) is 11.1 Å². The van der Waals surface area contributed by atoms with Crippen LogP contribution in [0.1, 0.15) is 17.8 Å². The number of nitrogens with two attached hydrogens (primary N) is 1. The van der Waals surface area contributed by atoms with Crippen molar-refractivity contribution in [3.63, 3.8) is 0 Å². The molecule has 0 spiro atoms. The normalized spacial score (nSPS) is 12.1. The first-order valence-corrected chi connectivity index (χ1v) is 7.91. The number of anilines is 1. The van der Waals surface area contributed by atoms with Gasteiger partial charge in [-0.25, -0.2) is 18.9 Å².